The van der Waals surface area contributed by atoms with Crippen LogP contribution in [-0.4, -0.2) is 0 Å². The molecule has 1 unspecified atom stereocenters. The third-order valence-corrected chi connectivity index (χ3v) is 3.62. The molecule has 0 saturated heterocycles. The zero-order valence-electron chi connectivity index (χ0n) is 7.36. The minimum Gasteiger partial charge on any atom is -0.198 e. The lowest BCUT2D eigenvalue weighted by Crippen LogP contribution is -2.37. The van der Waals surface area contributed by atoms with Gasteiger partial charge in [0.2, 0.25) is 0 Å². The topological polar surface area (TPSA) is 95.2 Å². The first-order valence-corrected chi connectivity index (χ1v) is 4.33. The fourth-order valence-electron chi connectivity index (χ4n) is 2.80. The van der Waals surface area contributed by atoms with E-state index in [0.29, 0.717) is 12.8 Å². The van der Waals surface area contributed by atoms with Crippen molar-refractivity contribution in [2.24, 2.45) is 22.7 Å². The molecule has 0 heterocycles. The molecule has 0 radical (unpaired) electrons. The van der Waals surface area contributed by atoms with Crippen LogP contribution in [0.3, 0.4) is 0 Å². The molecule has 4 heteroatoms. The SMILES string of the molecule is N#CC1C2CC(C#N)(C2)C1(C#N)C#N. The van der Waals surface area contributed by atoms with Crippen molar-refractivity contribution in [3.8, 4) is 24.3 Å². The molecule has 3 aliphatic rings. The molecule has 1 atom stereocenters. The summed E-state index contributed by atoms with van der Waals surface area (Å²) in [6, 6.07) is 7.89. The van der Waals surface area contributed by atoms with Crippen LogP contribution in [0.15, 0.2) is 0 Å². The van der Waals surface area contributed by atoms with E-state index in [1.54, 1.807) is 0 Å². The molecule has 3 saturated carbocycles. The van der Waals surface area contributed by atoms with Crippen LogP contribution in [0.1, 0.15) is 12.8 Å². The highest BCUT2D eigenvalue weighted by Crippen LogP contribution is 2.70. The molecular formula is C10H6N4. The van der Waals surface area contributed by atoms with E-state index in [1.165, 1.54) is 0 Å². The van der Waals surface area contributed by atoms with Gasteiger partial charge in [-0.05, 0) is 18.8 Å². The normalized spacial score (nSPS) is 40.9. The Labute approximate surface area is 81.6 Å². The van der Waals surface area contributed by atoms with Gasteiger partial charge in [0.1, 0.15) is 0 Å². The maximum Gasteiger partial charge on any atom is 0.178 e. The molecule has 3 fully saturated rings. The highest BCUT2D eigenvalue weighted by Gasteiger charge is 2.74. The van der Waals surface area contributed by atoms with Gasteiger partial charge < -0.3 is 0 Å². The lowest BCUT2D eigenvalue weighted by atomic mass is 9.62. The first-order valence-electron chi connectivity index (χ1n) is 4.33. The standard InChI is InChI=1S/C10H6N4/c11-3-8-7-1-9(2-7,4-12)10(8,5-13)6-14/h7-8H,1-2H2. The lowest BCUT2D eigenvalue weighted by molar-refractivity contribution is 0.174. The quantitative estimate of drug-likeness (QED) is 0.560. The molecule has 0 aliphatic heterocycles. The predicted octanol–water partition coefficient (Wildman–Crippen LogP) is 1.09. The second-order valence-corrected chi connectivity index (χ2v) is 4.00. The highest BCUT2D eigenvalue weighted by atomic mass is 14.7. The summed E-state index contributed by atoms with van der Waals surface area (Å²) >= 11 is 0. The average molecular weight is 182 g/mol. The number of hydrogen-bond acceptors (Lipinski definition) is 4. The largest absolute Gasteiger partial charge is 0.198 e. The number of nitrogens with zero attached hydrogens (tertiary/aromatic N) is 4. The first-order chi connectivity index (χ1) is 6.69. The fourth-order valence-corrected chi connectivity index (χ4v) is 2.80. The molecular weight excluding hydrogens is 176 g/mol. The van der Waals surface area contributed by atoms with E-state index in [0.717, 1.165) is 0 Å². The maximum atomic E-state index is 9.04. The zero-order chi connectivity index (χ0) is 10.4. The summed E-state index contributed by atoms with van der Waals surface area (Å²) < 4.78 is 0. The summed E-state index contributed by atoms with van der Waals surface area (Å²) in [4.78, 5) is 0. The summed E-state index contributed by atoms with van der Waals surface area (Å²) in [5, 5.41) is 36.0. The third kappa shape index (κ3) is 0.555. The Morgan fingerprint density at radius 3 is 1.86 bits per heavy atom. The van der Waals surface area contributed by atoms with Crippen molar-refractivity contribution in [1.82, 2.24) is 0 Å². The van der Waals surface area contributed by atoms with Crippen LogP contribution in [0.4, 0.5) is 0 Å². The van der Waals surface area contributed by atoms with Crippen LogP contribution in [-0.2, 0) is 0 Å². The summed E-state index contributed by atoms with van der Waals surface area (Å²) in [7, 11) is 0. The Hall–Kier alpha value is -2.04. The number of rotatable bonds is 0. The summed E-state index contributed by atoms with van der Waals surface area (Å²) in [5.74, 6) is -0.518. The van der Waals surface area contributed by atoms with Gasteiger partial charge in [0, 0.05) is 0 Å². The summed E-state index contributed by atoms with van der Waals surface area (Å²) in [6.45, 7) is 0. The van der Waals surface area contributed by atoms with E-state index >= 15 is 0 Å². The number of hydrogen-bond donors (Lipinski definition) is 0. The number of nitriles is 4. The van der Waals surface area contributed by atoms with Gasteiger partial charge in [-0.25, -0.2) is 0 Å². The minimum atomic E-state index is -1.39. The fraction of sp³-hybridized carbons (Fsp3) is 0.600. The van der Waals surface area contributed by atoms with E-state index < -0.39 is 16.7 Å². The van der Waals surface area contributed by atoms with Crippen LogP contribution < -0.4 is 0 Å². The van der Waals surface area contributed by atoms with E-state index in [-0.39, 0.29) is 5.92 Å². The molecule has 66 valence electrons. The van der Waals surface area contributed by atoms with Gasteiger partial charge in [0.15, 0.2) is 5.41 Å². The Morgan fingerprint density at radius 2 is 1.50 bits per heavy atom. The predicted molar refractivity (Wildman–Crippen MR) is 43.5 cm³/mol. The van der Waals surface area contributed by atoms with Gasteiger partial charge in [-0.3, -0.25) is 0 Å². The molecule has 14 heavy (non-hydrogen) atoms. The number of fused-ring (bicyclic) bond motifs is 1. The Morgan fingerprint density at radius 1 is 0.929 bits per heavy atom. The van der Waals surface area contributed by atoms with Crippen molar-refractivity contribution >= 4 is 0 Å². The van der Waals surface area contributed by atoms with Gasteiger partial charge in [0.05, 0.1) is 35.6 Å². The average Bonchev–Trinajstić information content (AvgIpc) is 2.60. The molecule has 4 nitrogen and oxygen atoms in total. The van der Waals surface area contributed by atoms with Crippen LogP contribution in [0.25, 0.3) is 0 Å². The Kier molecular flexibility index (Phi) is 1.38. The highest BCUT2D eigenvalue weighted by molar-refractivity contribution is 5.41. The third-order valence-electron chi connectivity index (χ3n) is 3.62. The second kappa shape index (κ2) is 2.25. The van der Waals surface area contributed by atoms with E-state index in [9.17, 15) is 0 Å². The lowest BCUT2D eigenvalue weighted by Gasteiger charge is -2.34. The van der Waals surface area contributed by atoms with Crippen LogP contribution in [0, 0.1) is 68.0 Å². The Balaban J connectivity index is 2.60. The van der Waals surface area contributed by atoms with Gasteiger partial charge >= 0.3 is 0 Å². The molecule has 0 N–H and O–H groups in total. The van der Waals surface area contributed by atoms with Gasteiger partial charge in [-0.2, -0.15) is 21.0 Å². The summed E-state index contributed by atoms with van der Waals surface area (Å²) in [6.07, 6.45) is 1.06. The van der Waals surface area contributed by atoms with Crippen LogP contribution >= 0.6 is 0 Å². The van der Waals surface area contributed by atoms with E-state index in [1.807, 2.05) is 18.2 Å². The van der Waals surface area contributed by atoms with Crippen molar-refractivity contribution in [1.29, 1.82) is 21.0 Å². The molecule has 0 aromatic rings. The van der Waals surface area contributed by atoms with Crippen molar-refractivity contribution in [3.63, 3.8) is 0 Å². The van der Waals surface area contributed by atoms with Gasteiger partial charge in [-0.15, -0.1) is 0 Å². The molecule has 0 aromatic heterocycles. The van der Waals surface area contributed by atoms with Crippen molar-refractivity contribution in [2.45, 2.75) is 12.8 Å². The molecule has 3 aliphatic carbocycles. The molecule has 2 bridgehead atoms. The zero-order valence-corrected chi connectivity index (χ0v) is 7.36. The van der Waals surface area contributed by atoms with Crippen molar-refractivity contribution in [3.05, 3.63) is 0 Å². The van der Waals surface area contributed by atoms with E-state index in [2.05, 4.69) is 6.07 Å². The molecule has 0 spiro atoms. The maximum absolute atomic E-state index is 9.04. The van der Waals surface area contributed by atoms with Crippen molar-refractivity contribution < 1.29 is 0 Å². The monoisotopic (exact) mass is 182 g/mol. The van der Waals surface area contributed by atoms with Gasteiger partial charge in [-0.1, -0.05) is 0 Å². The molecule has 0 amide bonds. The Bertz CT molecular complexity index is 430. The summed E-state index contributed by atoms with van der Waals surface area (Å²) in [5.41, 5.74) is -2.26. The molecule has 3 rings (SSSR count). The smallest absolute Gasteiger partial charge is 0.178 e. The van der Waals surface area contributed by atoms with Crippen LogP contribution in [0.5, 0.6) is 0 Å². The van der Waals surface area contributed by atoms with E-state index in [4.69, 9.17) is 21.0 Å². The minimum absolute atomic E-state index is 0.0685. The van der Waals surface area contributed by atoms with Crippen molar-refractivity contribution in [2.75, 3.05) is 0 Å². The van der Waals surface area contributed by atoms with Crippen LogP contribution in [0.2, 0.25) is 0 Å². The van der Waals surface area contributed by atoms with Gasteiger partial charge in [0.25, 0.3) is 0 Å². The first kappa shape index (κ1) is 8.55. The second-order valence-electron chi connectivity index (χ2n) is 4.00. The molecule has 0 aromatic carbocycles.